The van der Waals surface area contributed by atoms with Gasteiger partial charge in [0.15, 0.2) is 5.78 Å². The molecule has 0 fully saturated rings. The fourth-order valence-corrected chi connectivity index (χ4v) is 3.46. The van der Waals surface area contributed by atoms with Crippen LogP contribution in [0.25, 0.3) is 0 Å². The zero-order chi connectivity index (χ0) is 17.7. The molecule has 1 aromatic heterocycles. The number of hydrogen-bond donors (Lipinski definition) is 1. The summed E-state index contributed by atoms with van der Waals surface area (Å²) in [6, 6.07) is 10.2. The third-order valence-corrected chi connectivity index (χ3v) is 5.11. The molecule has 1 atom stereocenters. The van der Waals surface area contributed by atoms with Crippen LogP contribution in [-0.4, -0.2) is 37.2 Å². The van der Waals surface area contributed by atoms with Gasteiger partial charge in [-0.05, 0) is 56.1 Å². The Bertz CT molecular complexity index is 722. The van der Waals surface area contributed by atoms with Gasteiger partial charge in [0.2, 0.25) is 5.91 Å². The molecule has 4 nitrogen and oxygen atoms in total. The Kier molecular flexibility index (Phi) is 6.29. The maximum absolute atomic E-state index is 12.2. The number of hydrogen-bond acceptors (Lipinski definition) is 4. The van der Waals surface area contributed by atoms with E-state index in [2.05, 4.69) is 29.3 Å². The normalized spacial score (nSPS) is 12.2. The van der Waals surface area contributed by atoms with Gasteiger partial charge in [0.25, 0.3) is 0 Å². The Labute approximate surface area is 147 Å². The van der Waals surface area contributed by atoms with E-state index < -0.39 is 0 Å². The predicted octanol–water partition coefficient (Wildman–Crippen LogP) is 3.22. The smallest absolute Gasteiger partial charge is 0.224 e. The van der Waals surface area contributed by atoms with Crippen molar-refractivity contribution in [3.63, 3.8) is 0 Å². The summed E-state index contributed by atoms with van der Waals surface area (Å²) < 4.78 is 0. The lowest BCUT2D eigenvalue weighted by atomic mass is 10.0. The van der Waals surface area contributed by atoms with Crippen molar-refractivity contribution in [1.82, 2.24) is 10.2 Å². The van der Waals surface area contributed by atoms with Crippen LogP contribution in [-0.2, 0) is 11.2 Å². The standard InChI is InChI=1S/C19H24N2O2S/c1-13-7-5-6-8-16(13)17(21(3)4)11-20-19(23)10-15-9-18(14(2)22)24-12-15/h5-9,12,17H,10-11H2,1-4H3,(H,20,23). The zero-order valence-electron chi connectivity index (χ0n) is 14.6. The first-order valence-corrected chi connectivity index (χ1v) is 8.83. The van der Waals surface area contributed by atoms with Crippen molar-refractivity contribution in [2.24, 2.45) is 0 Å². The Balaban J connectivity index is 1.97. The van der Waals surface area contributed by atoms with Crippen molar-refractivity contribution in [2.45, 2.75) is 26.3 Å². The van der Waals surface area contributed by atoms with E-state index in [0.29, 0.717) is 17.8 Å². The maximum Gasteiger partial charge on any atom is 0.224 e. The number of carbonyl (C=O) groups excluding carboxylic acids is 2. The van der Waals surface area contributed by atoms with Crippen LogP contribution in [0, 0.1) is 6.92 Å². The van der Waals surface area contributed by atoms with Gasteiger partial charge < -0.3 is 10.2 Å². The molecule has 2 rings (SSSR count). The highest BCUT2D eigenvalue weighted by molar-refractivity contribution is 7.12. The van der Waals surface area contributed by atoms with E-state index in [0.717, 1.165) is 5.56 Å². The molecule has 1 N–H and O–H groups in total. The minimum atomic E-state index is -0.0247. The lowest BCUT2D eigenvalue weighted by Crippen LogP contribution is -2.35. The summed E-state index contributed by atoms with van der Waals surface area (Å²) in [4.78, 5) is 26.4. The number of thiophene rings is 1. The van der Waals surface area contributed by atoms with Gasteiger partial charge in [0.1, 0.15) is 0 Å². The number of nitrogens with zero attached hydrogens (tertiary/aromatic N) is 1. The minimum Gasteiger partial charge on any atom is -0.354 e. The molecule has 0 radical (unpaired) electrons. The highest BCUT2D eigenvalue weighted by atomic mass is 32.1. The highest BCUT2D eigenvalue weighted by Crippen LogP contribution is 2.21. The van der Waals surface area contributed by atoms with Crippen LogP contribution in [0.4, 0.5) is 0 Å². The number of benzene rings is 1. The molecule has 0 aliphatic carbocycles. The summed E-state index contributed by atoms with van der Waals surface area (Å²) in [5.41, 5.74) is 3.33. The third kappa shape index (κ3) is 4.76. The molecule has 0 bridgehead atoms. The summed E-state index contributed by atoms with van der Waals surface area (Å²) in [7, 11) is 4.03. The second-order valence-electron chi connectivity index (χ2n) is 6.19. The van der Waals surface area contributed by atoms with Gasteiger partial charge in [-0.1, -0.05) is 24.3 Å². The molecule has 0 aliphatic heterocycles. The molecule has 1 amide bonds. The highest BCUT2D eigenvalue weighted by Gasteiger charge is 2.17. The lowest BCUT2D eigenvalue weighted by molar-refractivity contribution is -0.120. The van der Waals surface area contributed by atoms with Gasteiger partial charge in [0.05, 0.1) is 17.3 Å². The van der Waals surface area contributed by atoms with Crippen LogP contribution in [0.1, 0.15) is 39.3 Å². The van der Waals surface area contributed by atoms with Crippen LogP contribution in [0.3, 0.4) is 0 Å². The van der Waals surface area contributed by atoms with Crippen molar-refractivity contribution in [2.75, 3.05) is 20.6 Å². The van der Waals surface area contributed by atoms with Crippen molar-refractivity contribution in [3.05, 3.63) is 57.3 Å². The Morgan fingerprint density at radius 3 is 2.54 bits per heavy atom. The molecule has 0 saturated heterocycles. The lowest BCUT2D eigenvalue weighted by Gasteiger charge is -2.26. The molecule has 128 valence electrons. The van der Waals surface area contributed by atoms with E-state index in [-0.39, 0.29) is 17.7 Å². The van der Waals surface area contributed by atoms with Crippen LogP contribution in [0.15, 0.2) is 35.7 Å². The van der Waals surface area contributed by atoms with Crippen molar-refractivity contribution < 1.29 is 9.59 Å². The number of amides is 1. The summed E-state index contributed by atoms with van der Waals surface area (Å²) in [6.45, 7) is 4.18. The first kappa shape index (κ1) is 18.4. The van der Waals surface area contributed by atoms with Gasteiger partial charge in [0, 0.05) is 6.54 Å². The van der Waals surface area contributed by atoms with Crippen molar-refractivity contribution in [3.8, 4) is 0 Å². The van der Waals surface area contributed by atoms with E-state index in [1.54, 1.807) is 13.0 Å². The average molecular weight is 344 g/mol. The molecule has 2 aromatic rings. The van der Waals surface area contributed by atoms with E-state index in [9.17, 15) is 9.59 Å². The fourth-order valence-electron chi connectivity index (χ4n) is 2.64. The second kappa shape index (κ2) is 8.22. The molecule has 24 heavy (non-hydrogen) atoms. The molecule has 1 aromatic carbocycles. The Morgan fingerprint density at radius 1 is 1.25 bits per heavy atom. The molecule has 0 saturated carbocycles. The van der Waals surface area contributed by atoms with E-state index in [4.69, 9.17) is 0 Å². The van der Waals surface area contributed by atoms with Crippen LogP contribution in [0.5, 0.6) is 0 Å². The van der Waals surface area contributed by atoms with Crippen LogP contribution < -0.4 is 5.32 Å². The van der Waals surface area contributed by atoms with Crippen molar-refractivity contribution in [1.29, 1.82) is 0 Å². The number of ketones is 1. The monoisotopic (exact) mass is 344 g/mol. The van der Waals surface area contributed by atoms with Gasteiger partial charge >= 0.3 is 0 Å². The topological polar surface area (TPSA) is 49.4 Å². The number of aryl methyl sites for hydroxylation is 1. The fraction of sp³-hybridized carbons (Fsp3) is 0.368. The third-order valence-electron chi connectivity index (χ3n) is 4.03. The summed E-state index contributed by atoms with van der Waals surface area (Å²) >= 11 is 1.39. The first-order chi connectivity index (χ1) is 11.4. The number of Topliss-reactive ketones (excluding diaryl/α,β-unsaturated/α-hetero) is 1. The SMILES string of the molecule is CC(=O)c1cc(CC(=O)NCC(c2ccccc2C)N(C)C)cs1. The number of rotatable bonds is 7. The average Bonchev–Trinajstić information content (AvgIpc) is 2.97. The summed E-state index contributed by atoms with van der Waals surface area (Å²) in [5.74, 6) is 0.0159. The van der Waals surface area contributed by atoms with Crippen LogP contribution in [0.2, 0.25) is 0 Å². The maximum atomic E-state index is 12.2. The zero-order valence-corrected chi connectivity index (χ0v) is 15.4. The molecule has 5 heteroatoms. The van der Waals surface area contributed by atoms with Gasteiger partial charge in [-0.3, -0.25) is 9.59 Å². The van der Waals surface area contributed by atoms with Gasteiger partial charge in [-0.25, -0.2) is 0 Å². The summed E-state index contributed by atoms with van der Waals surface area (Å²) in [6.07, 6.45) is 0.303. The van der Waals surface area contributed by atoms with Crippen LogP contribution >= 0.6 is 11.3 Å². The molecule has 1 unspecified atom stereocenters. The molecular weight excluding hydrogens is 320 g/mol. The van der Waals surface area contributed by atoms with Crippen molar-refractivity contribution >= 4 is 23.0 Å². The molecule has 0 aliphatic rings. The van der Waals surface area contributed by atoms with E-state index >= 15 is 0 Å². The Morgan fingerprint density at radius 2 is 1.96 bits per heavy atom. The first-order valence-electron chi connectivity index (χ1n) is 7.95. The number of nitrogens with one attached hydrogen (secondary N) is 1. The largest absolute Gasteiger partial charge is 0.354 e. The predicted molar refractivity (Wildman–Crippen MR) is 98.6 cm³/mol. The molecule has 0 spiro atoms. The minimum absolute atomic E-state index is 0.0247. The van der Waals surface area contributed by atoms with Gasteiger partial charge in [-0.15, -0.1) is 11.3 Å². The van der Waals surface area contributed by atoms with E-state index in [1.165, 1.54) is 22.5 Å². The Hall–Kier alpha value is -1.98. The summed E-state index contributed by atoms with van der Waals surface area (Å²) in [5, 5.41) is 4.89. The molecular formula is C19H24N2O2S. The molecule has 1 heterocycles. The second-order valence-corrected chi connectivity index (χ2v) is 7.10. The number of likely N-dealkylation sites (N-methyl/N-ethyl adjacent to an activating group) is 1. The van der Waals surface area contributed by atoms with E-state index in [1.807, 2.05) is 31.6 Å². The number of carbonyl (C=O) groups is 2. The quantitative estimate of drug-likeness (QED) is 0.785. The van der Waals surface area contributed by atoms with Gasteiger partial charge in [-0.2, -0.15) is 0 Å².